The number of hydrogen-bond acceptors (Lipinski definition) is 3. The zero-order valence-corrected chi connectivity index (χ0v) is 12.4. The fraction of sp³-hybridized carbons (Fsp3) is 0.0625. The summed E-state index contributed by atoms with van der Waals surface area (Å²) >= 11 is 5.96. The van der Waals surface area contributed by atoms with Crippen LogP contribution in [-0.4, -0.2) is 22.9 Å². The van der Waals surface area contributed by atoms with Gasteiger partial charge in [0.15, 0.2) is 5.88 Å². The summed E-state index contributed by atoms with van der Waals surface area (Å²) < 4.78 is 28.4. The number of nitrogens with one attached hydrogen (secondary N) is 1. The first-order valence-corrected chi connectivity index (χ1v) is 7.00. The Balaban J connectivity index is 1.88. The Labute approximate surface area is 135 Å². The van der Waals surface area contributed by atoms with Gasteiger partial charge in [-0.2, -0.15) is 8.78 Å². The van der Waals surface area contributed by atoms with Crippen LogP contribution < -0.4 is 4.74 Å². The van der Waals surface area contributed by atoms with Crippen molar-refractivity contribution in [3.05, 3.63) is 53.1 Å². The molecule has 3 rings (SSSR count). The minimum atomic E-state index is -2.86. The van der Waals surface area contributed by atoms with Crippen molar-refractivity contribution in [1.82, 2.24) is 4.98 Å². The van der Waals surface area contributed by atoms with E-state index in [1.54, 1.807) is 18.2 Å². The van der Waals surface area contributed by atoms with Crippen LogP contribution in [0, 0.1) is 0 Å². The highest BCUT2D eigenvalue weighted by Crippen LogP contribution is 2.29. The summed E-state index contributed by atoms with van der Waals surface area (Å²) in [6.45, 7) is -2.86. The van der Waals surface area contributed by atoms with Gasteiger partial charge in [0.2, 0.25) is 0 Å². The Morgan fingerprint density at radius 1 is 1.17 bits per heavy atom. The summed E-state index contributed by atoms with van der Waals surface area (Å²) in [6.07, 6.45) is 1.48. The standard InChI is InChI=1S/C16H11ClF2N2O2/c17-9-1-6-14-12(7-9)13(15(22)21-14)8-20-10-2-4-11(5-3-10)23-16(18)19/h1-8,16,21-22H. The van der Waals surface area contributed by atoms with E-state index in [-0.39, 0.29) is 11.6 Å². The average molecular weight is 337 g/mol. The van der Waals surface area contributed by atoms with Gasteiger partial charge in [0, 0.05) is 22.1 Å². The van der Waals surface area contributed by atoms with Crippen molar-refractivity contribution in [3.63, 3.8) is 0 Å². The smallest absolute Gasteiger partial charge is 0.387 e. The maximum atomic E-state index is 12.1. The van der Waals surface area contributed by atoms with Crippen molar-refractivity contribution < 1.29 is 18.6 Å². The third kappa shape index (κ3) is 3.43. The predicted octanol–water partition coefficient (Wildman–Crippen LogP) is 4.88. The van der Waals surface area contributed by atoms with Gasteiger partial charge in [-0.3, -0.25) is 4.99 Å². The highest BCUT2D eigenvalue weighted by atomic mass is 35.5. The van der Waals surface area contributed by atoms with E-state index in [0.29, 0.717) is 16.3 Å². The maximum absolute atomic E-state index is 12.1. The van der Waals surface area contributed by atoms with Crippen LogP contribution in [-0.2, 0) is 0 Å². The quantitative estimate of drug-likeness (QED) is 0.667. The molecule has 2 aromatic carbocycles. The average Bonchev–Trinajstić information content (AvgIpc) is 2.81. The summed E-state index contributed by atoms with van der Waals surface area (Å²) in [5.41, 5.74) is 1.76. The lowest BCUT2D eigenvalue weighted by molar-refractivity contribution is -0.0498. The van der Waals surface area contributed by atoms with Crippen molar-refractivity contribution in [2.24, 2.45) is 4.99 Å². The lowest BCUT2D eigenvalue weighted by Crippen LogP contribution is -2.01. The first-order chi connectivity index (χ1) is 11.0. The molecule has 0 radical (unpaired) electrons. The third-order valence-corrected chi connectivity index (χ3v) is 3.42. The van der Waals surface area contributed by atoms with E-state index in [1.165, 1.54) is 30.5 Å². The topological polar surface area (TPSA) is 57.6 Å². The van der Waals surface area contributed by atoms with Gasteiger partial charge in [0.1, 0.15) is 5.75 Å². The normalized spacial score (nSPS) is 11.7. The van der Waals surface area contributed by atoms with E-state index < -0.39 is 6.61 Å². The number of H-pyrrole nitrogens is 1. The van der Waals surface area contributed by atoms with E-state index in [0.717, 1.165) is 10.9 Å². The van der Waals surface area contributed by atoms with Crippen LogP contribution in [0.1, 0.15) is 5.56 Å². The number of alkyl halides is 2. The number of hydrogen-bond donors (Lipinski definition) is 2. The second kappa shape index (κ2) is 6.26. The van der Waals surface area contributed by atoms with Crippen molar-refractivity contribution in [3.8, 4) is 11.6 Å². The number of halogens is 3. The van der Waals surface area contributed by atoms with Crippen molar-refractivity contribution in [2.45, 2.75) is 6.61 Å². The Morgan fingerprint density at radius 3 is 2.61 bits per heavy atom. The molecule has 2 N–H and O–H groups in total. The number of ether oxygens (including phenoxy) is 1. The van der Waals surface area contributed by atoms with Gasteiger partial charge in [0.05, 0.1) is 11.3 Å². The second-order valence-electron chi connectivity index (χ2n) is 4.71. The molecule has 0 aliphatic carbocycles. The monoisotopic (exact) mass is 336 g/mol. The number of fused-ring (bicyclic) bond motifs is 1. The molecule has 118 valence electrons. The summed E-state index contributed by atoms with van der Waals surface area (Å²) in [7, 11) is 0. The number of aromatic amines is 1. The number of benzene rings is 2. The van der Waals surface area contributed by atoms with Gasteiger partial charge in [0.25, 0.3) is 0 Å². The summed E-state index contributed by atoms with van der Waals surface area (Å²) in [5.74, 6) is 0.0318. The van der Waals surface area contributed by atoms with Gasteiger partial charge < -0.3 is 14.8 Å². The predicted molar refractivity (Wildman–Crippen MR) is 85.3 cm³/mol. The zero-order valence-electron chi connectivity index (χ0n) is 11.6. The molecule has 0 aliphatic heterocycles. The highest BCUT2D eigenvalue weighted by molar-refractivity contribution is 6.31. The molecule has 0 fully saturated rings. The van der Waals surface area contributed by atoms with E-state index in [4.69, 9.17) is 11.6 Å². The Hall–Kier alpha value is -2.60. The molecule has 3 aromatic rings. The Bertz CT molecular complexity index is 860. The van der Waals surface area contributed by atoms with Gasteiger partial charge in [-0.1, -0.05) is 11.6 Å². The molecule has 23 heavy (non-hydrogen) atoms. The molecule has 0 unspecified atom stereocenters. The van der Waals surface area contributed by atoms with Crippen LogP contribution >= 0.6 is 11.6 Å². The molecule has 0 spiro atoms. The van der Waals surface area contributed by atoms with Gasteiger partial charge in [-0.05, 0) is 42.5 Å². The van der Waals surface area contributed by atoms with E-state index in [1.807, 2.05) is 0 Å². The molecule has 1 heterocycles. The minimum absolute atomic E-state index is 0.0244. The van der Waals surface area contributed by atoms with Crippen LogP contribution in [0.2, 0.25) is 5.02 Å². The fourth-order valence-electron chi connectivity index (χ4n) is 2.15. The highest BCUT2D eigenvalue weighted by Gasteiger charge is 2.09. The van der Waals surface area contributed by atoms with Crippen LogP contribution in [0.15, 0.2) is 47.5 Å². The molecule has 0 saturated heterocycles. The van der Waals surface area contributed by atoms with Crippen LogP contribution in [0.25, 0.3) is 10.9 Å². The molecular formula is C16H11ClF2N2O2. The van der Waals surface area contributed by atoms with Crippen LogP contribution in [0.4, 0.5) is 14.5 Å². The summed E-state index contributed by atoms with van der Waals surface area (Å²) in [5, 5.41) is 11.2. The maximum Gasteiger partial charge on any atom is 0.387 e. The second-order valence-corrected chi connectivity index (χ2v) is 5.14. The molecule has 4 nitrogen and oxygen atoms in total. The fourth-order valence-corrected chi connectivity index (χ4v) is 2.33. The van der Waals surface area contributed by atoms with Crippen LogP contribution in [0.5, 0.6) is 11.6 Å². The zero-order chi connectivity index (χ0) is 16.4. The van der Waals surface area contributed by atoms with E-state index in [9.17, 15) is 13.9 Å². The molecule has 7 heteroatoms. The third-order valence-electron chi connectivity index (χ3n) is 3.18. The van der Waals surface area contributed by atoms with Gasteiger partial charge in [-0.15, -0.1) is 0 Å². The molecule has 0 aliphatic rings. The van der Waals surface area contributed by atoms with E-state index in [2.05, 4.69) is 14.7 Å². The van der Waals surface area contributed by atoms with E-state index >= 15 is 0 Å². The lowest BCUT2D eigenvalue weighted by atomic mass is 10.2. The Morgan fingerprint density at radius 2 is 1.91 bits per heavy atom. The first-order valence-electron chi connectivity index (χ1n) is 6.62. The van der Waals surface area contributed by atoms with Crippen molar-refractivity contribution in [1.29, 1.82) is 0 Å². The summed E-state index contributed by atoms with van der Waals surface area (Å²) in [4.78, 5) is 7.04. The molecule has 0 amide bonds. The molecule has 1 aromatic heterocycles. The largest absolute Gasteiger partial charge is 0.494 e. The number of rotatable bonds is 4. The number of aliphatic imine (C=N–C) groups is 1. The molecular weight excluding hydrogens is 326 g/mol. The van der Waals surface area contributed by atoms with Gasteiger partial charge in [-0.25, -0.2) is 0 Å². The molecule has 0 saturated carbocycles. The molecule has 0 atom stereocenters. The van der Waals surface area contributed by atoms with Gasteiger partial charge >= 0.3 is 6.61 Å². The summed E-state index contributed by atoms with van der Waals surface area (Å²) in [6, 6.07) is 11.0. The van der Waals surface area contributed by atoms with Crippen molar-refractivity contribution >= 4 is 34.4 Å². The SMILES string of the molecule is Oc1[nH]c2ccc(Cl)cc2c1C=Nc1ccc(OC(F)F)cc1. The molecule has 0 bridgehead atoms. The van der Waals surface area contributed by atoms with Crippen LogP contribution in [0.3, 0.4) is 0 Å². The number of aromatic nitrogens is 1. The van der Waals surface area contributed by atoms with Crippen molar-refractivity contribution in [2.75, 3.05) is 0 Å². The Kier molecular flexibility index (Phi) is 4.16. The number of aromatic hydroxyl groups is 1. The minimum Gasteiger partial charge on any atom is -0.494 e. The lowest BCUT2D eigenvalue weighted by Gasteiger charge is -2.03. The first kappa shape index (κ1) is 15.3. The number of nitrogens with zero attached hydrogens (tertiary/aromatic N) is 1.